The molecule has 1 aromatic heterocycles. The van der Waals surface area contributed by atoms with Crippen LogP contribution in [0.15, 0.2) is 4.42 Å². The first-order chi connectivity index (χ1) is 6.66. The van der Waals surface area contributed by atoms with Crippen LogP contribution in [0, 0.1) is 6.92 Å². The second-order valence-corrected chi connectivity index (χ2v) is 3.76. The molecule has 0 atom stereocenters. The number of rotatable bonds is 3. The summed E-state index contributed by atoms with van der Waals surface area (Å²) in [6.07, 6.45) is 3.40. The molecule has 1 aliphatic rings. The number of carboxylic acids is 1. The van der Waals surface area contributed by atoms with E-state index in [-0.39, 0.29) is 6.42 Å². The number of hydrogen-bond donors (Lipinski definition) is 1. The Morgan fingerprint density at radius 2 is 2.36 bits per heavy atom. The average Bonchev–Trinajstić information content (AvgIpc) is 2.27. The predicted molar refractivity (Wildman–Crippen MR) is 49.2 cm³/mol. The summed E-state index contributed by atoms with van der Waals surface area (Å²) in [4.78, 5) is 14.5. The summed E-state index contributed by atoms with van der Waals surface area (Å²) >= 11 is 0. The van der Waals surface area contributed by atoms with Crippen molar-refractivity contribution < 1.29 is 14.3 Å². The van der Waals surface area contributed by atoms with Crippen LogP contribution in [-0.4, -0.2) is 16.1 Å². The summed E-state index contributed by atoms with van der Waals surface area (Å²) in [7, 11) is 0. The molecule has 1 saturated carbocycles. The van der Waals surface area contributed by atoms with Gasteiger partial charge in [0.1, 0.15) is 12.2 Å². The predicted octanol–water partition coefficient (Wildman–Crippen LogP) is 1.88. The number of carbonyl (C=O) groups is 1. The molecular weight excluding hydrogens is 182 g/mol. The summed E-state index contributed by atoms with van der Waals surface area (Å²) in [6, 6.07) is 0. The van der Waals surface area contributed by atoms with Crippen molar-refractivity contribution in [3.05, 3.63) is 17.3 Å². The Morgan fingerprint density at radius 1 is 1.64 bits per heavy atom. The molecule has 4 nitrogen and oxygen atoms in total. The van der Waals surface area contributed by atoms with Crippen LogP contribution in [0.3, 0.4) is 0 Å². The second kappa shape index (κ2) is 3.44. The first kappa shape index (κ1) is 9.24. The third-order valence-corrected chi connectivity index (χ3v) is 2.66. The van der Waals surface area contributed by atoms with E-state index in [1.165, 1.54) is 6.42 Å². The molecule has 0 bridgehead atoms. The lowest BCUT2D eigenvalue weighted by atomic mass is 9.83. The summed E-state index contributed by atoms with van der Waals surface area (Å²) < 4.78 is 5.44. The van der Waals surface area contributed by atoms with Gasteiger partial charge in [-0.15, -0.1) is 0 Å². The lowest BCUT2D eigenvalue weighted by Gasteiger charge is -2.23. The molecule has 1 aromatic rings. The van der Waals surface area contributed by atoms with Crippen LogP contribution in [0.2, 0.25) is 0 Å². The fraction of sp³-hybridized carbons (Fsp3) is 0.600. The van der Waals surface area contributed by atoms with Gasteiger partial charge in [-0.05, 0) is 19.8 Å². The van der Waals surface area contributed by atoms with Gasteiger partial charge in [-0.2, -0.15) is 0 Å². The Morgan fingerprint density at radius 3 is 2.86 bits per heavy atom. The van der Waals surface area contributed by atoms with Crippen molar-refractivity contribution in [3.63, 3.8) is 0 Å². The highest BCUT2D eigenvalue weighted by Gasteiger charge is 2.26. The van der Waals surface area contributed by atoms with E-state index in [0.29, 0.717) is 11.8 Å². The zero-order valence-electron chi connectivity index (χ0n) is 8.12. The molecule has 0 aliphatic heterocycles. The van der Waals surface area contributed by atoms with Gasteiger partial charge in [-0.3, -0.25) is 4.79 Å². The van der Waals surface area contributed by atoms with Crippen molar-refractivity contribution >= 4 is 5.97 Å². The first-order valence-electron chi connectivity index (χ1n) is 4.85. The van der Waals surface area contributed by atoms with E-state index in [4.69, 9.17) is 9.52 Å². The van der Waals surface area contributed by atoms with Crippen LogP contribution in [0.1, 0.15) is 42.5 Å². The van der Waals surface area contributed by atoms with E-state index < -0.39 is 5.97 Å². The summed E-state index contributed by atoms with van der Waals surface area (Å²) in [6.45, 7) is 1.88. The van der Waals surface area contributed by atoms with E-state index in [1.54, 1.807) is 0 Å². The minimum atomic E-state index is -0.897. The van der Waals surface area contributed by atoms with Gasteiger partial charge in [0.25, 0.3) is 0 Å². The number of aliphatic carboxylic acids is 1. The first-order valence-corrected chi connectivity index (χ1v) is 4.85. The van der Waals surface area contributed by atoms with Crippen LogP contribution in [0.25, 0.3) is 0 Å². The van der Waals surface area contributed by atoms with E-state index in [1.807, 2.05) is 6.92 Å². The molecule has 76 valence electrons. The van der Waals surface area contributed by atoms with Crippen molar-refractivity contribution in [2.75, 3.05) is 0 Å². The lowest BCUT2D eigenvalue weighted by molar-refractivity contribution is -0.136. The molecule has 0 spiro atoms. The normalized spacial score (nSPS) is 16.6. The molecular formula is C10H13NO3. The maximum Gasteiger partial charge on any atom is 0.312 e. The third-order valence-electron chi connectivity index (χ3n) is 2.66. The highest BCUT2D eigenvalue weighted by Crippen LogP contribution is 2.38. The molecule has 2 rings (SSSR count). The van der Waals surface area contributed by atoms with Crippen molar-refractivity contribution in [1.29, 1.82) is 0 Å². The molecule has 1 heterocycles. The molecule has 1 aliphatic carbocycles. The van der Waals surface area contributed by atoms with Crippen LogP contribution in [0.5, 0.6) is 0 Å². The van der Waals surface area contributed by atoms with Crippen LogP contribution >= 0.6 is 0 Å². The molecule has 0 aromatic carbocycles. The number of nitrogens with zero attached hydrogens (tertiary/aromatic N) is 1. The van der Waals surface area contributed by atoms with Gasteiger partial charge < -0.3 is 9.52 Å². The molecule has 0 saturated heterocycles. The van der Waals surface area contributed by atoms with Gasteiger partial charge in [0.2, 0.25) is 5.89 Å². The molecule has 14 heavy (non-hydrogen) atoms. The van der Waals surface area contributed by atoms with Gasteiger partial charge in [0.05, 0.1) is 5.69 Å². The Bertz CT molecular complexity index is 352. The van der Waals surface area contributed by atoms with Crippen molar-refractivity contribution in [2.24, 2.45) is 0 Å². The fourth-order valence-corrected chi connectivity index (χ4v) is 1.72. The molecule has 1 fully saturated rings. The third kappa shape index (κ3) is 1.64. The Kier molecular flexibility index (Phi) is 2.27. The summed E-state index contributed by atoms with van der Waals surface area (Å²) in [5.41, 5.74) is 0.853. The topological polar surface area (TPSA) is 63.3 Å². The molecule has 4 heteroatoms. The largest absolute Gasteiger partial charge is 0.481 e. The van der Waals surface area contributed by atoms with Gasteiger partial charge in [0, 0.05) is 5.92 Å². The van der Waals surface area contributed by atoms with Crippen LogP contribution in [0.4, 0.5) is 0 Å². The monoisotopic (exact) mass is 195 g/mol. The van der Waals surface area contributed by atoms with Crippen molar-refractivity contribution in [3.8, 4) is 0 Å². The van der Waals surface area contributed by atoms with E-state index in [9.17, 15) is 4.79 Å². The molecule has 1 N–H and O–H groups in total. The SMILES string of the molecule is Cc1nc(CC(=O)O)oc1C1CCC1. The lowest BCUT2D eigenvalue weighted by Crippen LogP contribution is -2.08. The highest BCUT2D eigenvalue weighted by molar-refractivity contribution is 5.68. The van der Waals surface area contributed by atoms with Crippen LogP contribution < -0.4 is 0 Å². The highest BCUT2D eigenvalue weighted by atomic mass is 16.4. The van der Waals surface area contributed by atoms with Gasteiger partial charge in [0.15, 0.2) is 0 Å². The van der Waals surface area contributed by atoms with E-state index in [0.717, 1.165) is 24.3 Å². The Hall–Kier alpha value is -1.32. The number of aromatic nitrogens is 1. The number of aryl methyl sites for hydroxylation is 1. The van der Waals surface area contributed by atoms with Crippen molar-refractivity contribution in [2.45, 2.75) is 38.5 Å². The van der Waals surface area contributed by atoms with Gasteiger partial charge in [-0.25, -0.2) is 4.98 Å². The summed E-state index contributed by atoms with van der Waals surface area (Å²) in [5.74, 6) is 0.806. The van der Waals surface area contributed by atoms with Gasteiger partial charge in [-0.1, -0.05) is 6.42 Å². The number of carboxylic acid groups (broad SMARTS) is 1. The minimum Gasteiger partial charge on any atom is -0.481 e. The average molecular weight is 195 g/mol. The van der Waals surface area contributed by atoms with E-state index >= 15 is 0 Å². The standard InChI is InChI=1S/C10H13NO3/c1-6-10(7-3-2-4-7)14-8(11-6)5-9(12)13/h7H,2-5H2,1H3,(H,12,13). The maximum absolute atomic E-state index is 10.4. The second-order valence-electron chi connectivity index (χ2n) is 3.76. The summed E-state index contributed by atoms with van der Waals surface area (Å²) in [5, 5.41) is 8.58. The Labute approximate surface area is 81.9 Å². The minimum absolute atomic E-state index is 0.118. The van der Waals surface area contributed by atoms with Gasteiger partial charge >= 0.3 is 5.97 Å². The Balaban J connectivity index is 2.16. The maximum atomic E-state index is 10.4. The van der Waals surface area contributed by atoms with E-state index in [2.05, 4.69) is 4.98 Å². The zero-order valence-corrected chi connectivity index (χ0v) is 8.12. The van der Waals surface area contributed by atoms with Crippen molar-refractivity contribution in [1.82, 2.24) is 4.98 Å². The zero-order chi connectivity index (χ0) is 10.1. The smallest absolute Gasteiger partial charge is 0.312 e. The van der Waals surface area contributed by atoms with Crippen LogP contribution in [-0.2, 0) is 11.2 Å². The molecule has 0 amide bonds. The number of hydrogen-bond acceptors (Lipinski definition) is 3. The molecule has 0 unspecified atom stereocenters. The fourth-order valence-electron chi connectivity index (χ4n) is 1.72. The number of oxazole rings is 1. The quantitative estimate of drug-likeness (QED) is 0.799. The molecule has 0 radical (unpaired) electrons.